The largest absolute Gasteiger partial charge is 0.496 e. The fourth-order valence-corrected chi connectivity index (χ4v) is 4.91. The average molecular weight is 502 g/mol. The Hall–Kier alpha value is -2.80. The van der Waals surface area contributed by atoms with Crippen molar-refractivity contribution in [3.8, 4) is 17.2 Å². The fraction of sp³-hybridized carbons (Fsp3) is 0.552. The van der Waals surface area contributed by atoms with Crippen LogP contribution in [-0.4, -0.2) is 52.3 Å². The van der Waals surface area contributed by atoms with E-state index in [9.17, 15) is 9.18 Å². The number of carbonyl (C=O) groups excluding carboxylic acids is 1. The van der Waals surface area contributed by atoms with E-state index in [2.05, 4.69) is 25.8 Å². The summed E-state index contributed by atoms with van der Waals surface area (Å²) >= 11 is 0. The maximum absolute atomic E-state index is 13.7. The van der Waals surface area contributed by atoms with Gasteiger partial charge in [0.2, 0.25) is 0 Å². The van der Waals surface area contributed by atoms with Gasteiger partial charge in [0.25, 0.3) is 0 Å². The highest BCUT2D eigenvalue weighted by Crippen LogP contribution is 2.36. The number of ether oxygens (including phenoxy) is 4. The van der Waals surface area contributed by atoms with E-state index in [1.165, 1.54) is 6.07 Å². The van der Waals surface area contributed by atoms with E-state index in [4.69, 9.17) is 18.9 Å². The number of carbonyl (C=O) groups is 1. The van der Waals surface area contributed by atoms with Crippen LogP contribution in [0.25, 0.3) is 0 Å². The van der Waals surface area contributed by atoms with Gasteiger partial charge in [-0.25, -0.2) is 4.39 Å². The van der Waals surface area contributed by atoms with Crippen LogP contribution in [0.15, 0.2) is 30.3 Å². The third kappa shape index (κ3) is 6.90. The van der Waals surface area contributed by atoms with Crippen LogP contribution in [0.2, 0.25) is 0 Å². The summed E-state index contributed by atoms with van der Waals surface area (Å²) in [6, 6.07) is 8.51. The van der Waals surface area contributed by atoms with Crippen LogP contribution in [0.4, 0.5) is 4.39 Å². The first-order valence-corrected chi connectivity index (χ1v) is 12.7. The number of aryl methyl sites for hydroxylation is 1. The topological polar surface area (TPSA) is 57.2 Å². The summed E-state index contributed by atoms with van der Waals surface area (Å²) in [5, 5.41) is 0. The lowest BCUT2D eigenvalue weighted by Crippen LogP contribution is -2.31. The minimum Gasteiger partial charge on any atom is -0.496 e. The second-order valence-electron chi connectivity index (χ2n) is 9.86. The lowest BCUT2D eigenvalue weighted by atomic mass is 9.88. The van der Waals surface area contributed by atoms with Crippen LogP contribution in [0.5, 0.6) is 17.2 Å². The number of nitrogens with zero attached hydrogens (tertiary/aromatic N) is 1. The van der Waals surface area contributed by atoms with Crippen molar-refractivity contribution in [3.05, 3.63) is 52.8 Å². The minimum absolute atomic E-state index is 0.156. The molecule has 2 aromatic rings. The number of esters is 1. The molecule has 0 unspecified atom stereocenters. The molecule has 0 radical (unpaired) electrons. The predicted molar refractivity (Wildman–Crippen MR) is 138 cm³/mol. The van der Waals surface area contributed by atoms with E-state index in [0.29, 0.717) is 12.2 Å². The van der Waals surface area contributed by atoms with Gasteiger partial charge in [0.05, 0.1) is 27.2 Å². The van der Waals surface area contributed by atoms with E-state index in [1.807, 2.05) is 12.1 Å². The number of likely N-dealkylation sites (N-methyl/N-ethyl adjacent to an activating group) is 1. The average Bonchev–Trinajstić information content (AvgIpc) is 2.86. The van der Waals surface area contributed by atoms with Crippen LogP contribution in [0.3, 0.4) is 0 Å². The Morgan fingerprint density at radius 2 is 1.75 bits per heavy atom. The lowest BCUT2D eigenvalue weighted by Gasteiger charge is -2.29. The molecule has 7 heteroatoms. The Bertz CT molecular complexity index is 1000. The van der Waals surface area contributed by atoms with E-state index in [-0.39, 0.29) is 29.7 Å². The number of benzene rings is 2. The van der Waals surface area contributed by atoms with Crippen molar-refractivity contribution in [1.29, 1.82) is 0 Å². The monoisotopic (exact) mass is 501 g/mol. The molecule has 0 amide bonds. The quantitative estimate of drug-likeness (QED) is 0.353. The number of rotatable bonds is 12. The van der Waals surface area contributed by atoms with Gasteiger partial charge in [-0.2, -0.15) is 0 Å². The molecule has 1 aliphatic rings. The third-order valence-corrected chi connectivity index (χ3v) is 7.11. The van der Waals surface area contributed by atoms with Crippen LogP contribution in [-0.2, 0) is 22.4 Å². The summed E-state index contributed by atoms with van der Waals surface area (Å²) < 4.78 is 36.1. The molecule has 0 N–H and O–H groups in total. The molecule has 0 aromatic heterocycles. The van der Waals surface area contributed by atoms with Crippen molar-refractivity contribution in [3.63, 3.8) is 0 Å². The summed E-state index contributed by atoms with van der Waals surface area (Å²) in [5.74, 6) is 1.69. The van der Waals surface area contributed by atoms with Gasteiger partial charge in [-0.05, 0) is 74.9 Å². The van der Waals surface area contributed by atoms with Gasteiger partial charge in [0.1, 0.15) is 29.2 Å². The van der Waals surface area contributed by atoms with Gasteiger partial charge < -0.3 is 23.8 Å². The molecule has 0 saturated carbocycles. The Morgan fingerprint density at radius 1 is 1.06 bits per heavy atom. The number of methoxy groups -OCH3 is 3. The van der Waals surface area contributed by atoms with Crippen molar-refractivity contribution in [2.75, 3.05) is 41.5 Å². The second-order valence-corrected chi connectivity index (χ2v) is 9.86. The van der Waals surface area contributed by atoms with Crippen molar-refractivity contribution in [2.24, 2.45) is 11.8 Å². The van der Waals surface area contributed by atoms with Crippen LogP contribution < -0.4 is 14.2 Å². The van der Waals surface area contributed by atoms with Gasteiger partial charge in [-0.3, -0.25) is 4.79 Å². The highest BCUT2D eigenvalue weighted by molar-refractivity contribution is 5.73. The van der Waals surface area contributed by atoms with Gasteiger partial charge >= 0.3 is 5.97 Å². The van der Waals surface area contributed by atoms with Gasteiger partial charge in [-0.15, -0.1) is 0 Å². The molecule has 1 aliphatic carbocycles. The highest BCUT2D eigenvalue weighted by atomic mass is 19.1. The Morgan fingerprint density at radius 3 is 2.36 bits per heavy atom. The molecule has 36 heavy (non-hydrogen) atoms. The molecule has 2 aromatic carbocycles. The minimum atomic E-state index is -0.296. The first kappa shape index (κ1) is 27.8. The first-order valence-electron chi connectivity index (χ1n) is 12.7. The van der Waals surface area contributed by atoms with Gasteiger partial charge in [0, 0.05) is 24.2 Å². The normalized spacial score (nSPS) is 16.0. The zero-order valence-electron chi connectivity index (χ0n) is 22.4. The maximum atomic E-state index is 13.7. The standard InChI is InChI=1S/C29H40FNO5/c1-19(2)23(29(32)36-26-9-7-8-20-16-21(30)10-11-24(20)26)12-14-31(3)15-13-25-27(34-5)17-22(33-4)18-28(25)35-6/h10-11,16-19,23,26H,7-9,12-15H2,1-6H3/t23-,26+/m0/s1. The first-order chi connectivity index (χ1) is 17.3. The van der Waals surface area contributed by atoms with Crippen molar-refractivity contribution < 1.29 is 28.1 Å². The second kappa shape index (κ2) is 12.9. The van der Waals surface area contributed by atoms with Crippen molar-refractivity contribution in [1.82, 2.24) is 4.90 Å². The smallest absolute Gasteiger partial charge is 0.309 e. The van der Waals surface area contributed by atoms with Crippen LogP contribution in [0.1, 0.15) is 55.9 Å². The molecular weight excluding hydrogens is 461 g/mol. The maximum Gasteiger partial charge on any atom is 0.309 e. The Labute approximate surface area is 214 Å². The number of halogens is 1. The summed E-state index contributed by atoms with van der Waals surface area (Å²) in [4.78, 5) is 15.4. The molecule has 2 atom stereocenters. The summed E-state index contributed by atoms with van der Waals surface area (Å²) in [5.41, 5.74) is 2.88. The lowest BCUT2D eigenvalue weighted by molar-refractivity contribution is -0.157. The van der Waals surface area contributed by atoms with Crippen LogP contribution >= 0.6 is 0 Å². The molecular formula is C29H40FNO5. The molecule has 6 nitrogen and oxygen atoms in total. The molecule has 0 fully saturated rings. The SMILES string of the molecule is COc1cc(OC)c(CCN(C)CC[C@H](C(=O)O[C@@H]2CCCc3cc(F)ccc32)C(C)C)c(OC)c1. The van der Waals surface area contributed by atoms with Crippen molar-refractivity contribution >= 4 is 5.97 Å². The molecule has 0 spiro atoms. The summed E-state index contributed by atoms with van der Waals surface area (Å²) in [7, 11) is 6.95. The summed E-state index contributed by atoms with van der Waals surface area (Å²) in [6.45, 7) is 5.65. The van der Waals surface area contributed by atoms with Crippen LogP contribution in [0, 0.1) is 17.7 Å². The van der Waals surface area contributed by atoms with Gasteiger partial charge in [0.15, 0.2) is 0 Å². The van der Waals surface area contributed by atoms with E-state index in [1.54, 1.807) is 33.5 Å². The molecule has 0 aliphatic heterocycles. The molecule has 198 valence electrons. The third-order valence-electron chi connectivity index (χ3n) is 7.11. The number of hydrogen-bond acceptors (Lipinski definition) is 6. The number of hydrogen-bond donors (Lipinski definition) is 0. The van der Waals surface area contributed by atoms with Crippen molar-refractivity contribution in [2.45, 2.75) is 52.1 Å². The van der Waals surface area contributed by atoms with E-state index < -0.39 is 0 Å². The zero-order chi connectivity index (χ0) is 26.2. The highest BCUT2D eigenvalue weighted by Gasteiger charge is 2.29. The molecule has 0 bridgehead atoms. The molecule has 0 saturated heterocycles. The van der Waals surface area contributed by atoms with E-state index in [0.717, 1.165) is 67.0 Å². The summed E-state index contributed by atoms with van der Waals surface area (Å²) in [6.07, 6.45) is 3.63. The molecule has 3 rings (SSSR count). The Kier molecular flexibility index (Phi) is 9.99. The Balaban J connectivity index is 1.59. The fourth-order valence-electron chi connectivity index (χ4n) is 4.91. The molecule has 0 heterocycles. The predicted octanol–water partition coefficient (Wildman–Crippen LogP) is 5.61. The van der Waals surface area contributed by atoms with E-state index >= 15 is 0 Å². The zero-order valence-corrected chi connectivity index (χ0v) is 22.4. The van der Waals surface area contributed by atoms with Gasteiger partial charge in [-0.1, -0.05) is 19.9 Å². The number of fused-ring (bicyclic) bond motifs is 1.